The van der Waals surface area contributed by atoms with Crippen LogP contribution in [0.2, 0.25) is 0 Å². The average Bonchev–Trinajstić information content (AvgIpc) is 2.52. The first-order valence-corrected chi connectivity index (χ1v) is 6.44. The van der Waals surface area contributed by atoms with Gasteiger partial charge in [0.15, 0.2) is 0 Å². The number of aliphatic carboxylic acids is 1. The van der Waals surface area contributed by atoms with Crippen molar-refractivity contribution in [1.82, 2.24) is 0 Å². The third-order valence-electron chi connectivity index (χ3n) is 2.71. The normalized spacial score (nSPS) is 11.0. The van der Waals surface area contributed by atoms with Crippen molar-refractivity contribution < 1.29 is 14.7 Å². The summed E-state index contributed by atoms with van der Waals surface area (Å²) in [5.41, 5.74) is 2.76. The van der Waals surface area contributed by atoms with Crippen LogP contribution in [0.15, 0.2) is 65.8 Å². The first-order valence-electron chi connectivity index (χ1n) is 6.44. The van der Waals surface area contributed by atoms with Crippen molar-refractivity contribution in [3.63, 3.8) is 0 Å². The van der Waals surface area contributed by atoms with E-state index in [2.05, 4.69) is 5.16 Å². The lowest BCUT2D eigenvalue weighted by Gasteiger charge is -1.99. The van der Waals surface area contributed by atoms with Gasteiger partial charge in [0.25, 0.3) is 0 Å². The molecule has 106 valence electrons. The van der Waals surface area contributed by atoms with Gasteiger partial charge in [-0.25, -0.2) is 4.79 Å². The van der Waals surface area contributed by atoms with E-state index in [1.54, 1.807) is 6.21 Å². The Morgan fingerprint density at radius 1 is 1.05 bits per heavy atom. The van der Waals surface area contributed by atoms with Gasteiger partial charge in [-0.3, -0.25) is 0 Å². The largest absolute Gasteiger partial charge is 0.478 e. The van der Waals surface area contributed by atoms with E-state index in [4.69, 9.17) is 9.94 Å². The van der Waals surface area contributed by atoms with Crippen molar-refractivity contribution in [2.24, 2.45) is 5.16 Å². The van der Waals surface area contributed by atoms with Crippen LogP contribution in [-0.4, -0.2) is 17.3 Å². The van der Waals surface area contributed by atoms with Crippen molar-refractivity contribution in [2.75, 3.05) is 0 Å². The quantitative estimate of drug-likeness (QED) is 0.502. The SMILES string of the molecule is O=C(O)/C=C/c1ccc(C=NOCc2ccccc2)cc1. The summed E-state index contributed by atoms with van der Waals surface area (Å²) >= 11 is 0. The lowest BCUT2D eigenvalue weighted by atomic mass is 10.1. The number of hydrogen-bond donors (Lipinski definition) is 1. The van der Waals surface area contributed by atoms with Gasteiger partial charge in [-0.15, -0.1) is 0 Å². The van der Waals surface area contributed by atoms with E-state index < -0.39 is 5.97 Å². The number of carboxylic acids is 1. The zero-order chi connectivity index (χ0) is 14.9. The van der Waals surface area contributed by atoms with Gasteiger partial charge in [-0.05, 0) is 22.8 Å². The van der Waals surface area contributed by atoms with E-state index in [1.165, 1.54) is 6.08 Å². The Kier molecular flexibility index (Phi) is 5.29. The van der Waals surface area contributed by atoms with Crippen molar-refractivity contribution in [3.05, 3.63) is 77.4 Å². The minimum absolute atomic E-state index is 0.427. The number of oxime groups is 1. The highest BCUT2D eigenvalue weighted by molar-refractivity contribution is 5.85. The molecule has 0 bridgehead atoms. The Hall–Kier alpha value is -2.88. The highest BCUT2D eigenvalue weighted by atomic mass is 16.6. The highest BCUT2D eigenvalue weighted by Gasteiger charge is 1.92. The summed E-state index contributed by atoms with van der Waals surface area (Å²) in [5, 5.41) is 12.4. The molecule has 0 heterocycles. The predicted molar refractivity (Wildman–Crippen MR) is 81.9 cm³/mol. The molecular weight excluding hydrogens is 266 g/mol. The van der Waals surface area contributed by atoms with E-state index in [9.17, 15) is 4.79 Å². The fourth-order valence-electron chi connectivity index (χ4n) is 1.64. The summed E-state index contributed by atoms with van der Waals surface area (Å²) in [4.78, 5) is 15.6. The Labute approximate surface area is 123 Å². The van der Waals surface area contributed by atoms with E-state index in [1.807, 2.05) is 54.6 Å². The Morgan fingerprint density at radius 3 is 2.38 bits per heavy atom. The first-order chi connectivity index (χ1) is 10.2. The first kappa shape index (κ1) is 14.5. The van der Waals surface area contributed by atoms with Crippen molar-refractivity contribution in [1.29, 1.82) is 0 Å². The van der Waals surface area contributed by atoms with Gasteiger partial charge in [-0.2, -0.15) is 0 Å². The molecule has 0 aliphatic rings. The number of carbonyl (C=O) groups is 1. The lowest BCUT2D eigenvalue weighted by molar-refractivity contribution is -0.131. The molecule has 0 atom stereocenters. The third-order valence-corrected chi connectivity index (χ3v) is 2.71. The standard InChI is InChI=1S/C17H15NO3/c19-17(20)11-10-14-6-8-15(9-7-14)12-18-21-13-16-4-2-1-3-5-16/h1-12H,13H2,(H,19,20)/b11-10+,18-12?. The number of carboxylic acid groups (broad SMARTS) is 1. The van der Waals surface area contributed by atoms with Crippen LogP contribution in [0.5, 0.6) is 0 Å². The smallest absolute Gasteiger partial charge is 0.328 e. The summed E-state index contributed by atoms with van der Waals surface area (Å²) in [5.74, 6) is -0.963. The van der Waals surface area contributed by atoms with Crippen LogP contribution >= 0.6 is 0 Å². The molecular formula is C17H15NO3. The molecule has 2 rings (SSSR count). The summed E-state index contributed by atoms with van der Waals surface area (Å²) in [6.45, 7) is 0.427. The molecule has 0 radical (unpaired) electrons. The molecule has 4 nitrogen and oxygen atoms in total. The van der Waals surface area contributed by atoms with Crippen LogP contribution in [0.25, 0.3) is 6.08 Å². The van der Waals surface area contributed by atoms with Crippen LogP contribution in [0.3, 0.4) is 0 Å². The predicted octanol–water partition coefficient (Wildman–Crippen LogP) is 3.34. The van der Waals surface area contributed by atoms with Gasteiger partial charge in [0.1, 0.15) is 6.61 Å². The zero-order valence-corrected chi connectivity index (χ0v) is 11.3. The molecule has 2 aromatic rings. The fourth-order valence-corrected chi connectivity index (χ4v) is 1.64. The van der Waals surface area contributed by atoms with Gasteiger partial charge in [-0.1, -0.05) is 59.8 Å². The van der Waals surface area contributed by atoms with Gasteiger partial charge in [0.2, 0.25) is 0 Å². The molecule has 2 aromatic carbocycles. The number of rotatable bonds is 6. The average molecular weight is 281 g/mol. The van der Waals surface area contributed by atoms with Crippen molar-refractivity contribution in [3.8, 4) is 0 Å². The molecule has 0 saturated heterocycles. The van der Waals surface area contributed by atoms with Crippen LogP contribution in [0.1, 0.15) is 16.7 Å². The van der Waals surface area contributed by atoms with E-state index in [0.717, 1.165) is 22.8 Å². The Morgan fingerprint density at radius 2 is 1.71 bits per heavy atom. The minimum atomic E-state index is -0.963. The minimum Gasteiger partial charge on any atom is -0.478 e. The third kappa shape index (κ3) is 5.32. The topological polar surface area (TPSA) is 58.9 Å². The van der Waals surface area contributed by atoms with E-state index >= 15 is 0 Å². The van der Waals surface area contributed by atoms with Gasteiger partial charge in [0.05, 0.1) is 6.21 Å². The molecule has 0 unspecified atom stereocenters. The van der Waals surface area contributed by atoms with Crippen LogP contribution in [-0.2, 0) is 16.2 Å². The van der Waals surface area contributed by atoms with Gasteiger partial charge >= 0.3 is 5.97 Å². The molecule has 1 N–H and O–H groups in total. The van der Waals surface area contributed by atoms with Gasteiger partial charge in [0, 0.05) is 6.08 Å². The Bertz CT molecular complexity index is 631. The van der Waals surface area contributed by atoms with Crippen molar-refractivity contribution in [2.45, 2.75) is 6.61 Å². The summed E-state index contributed by atoms with van der Waals surface area (Å²) < 4.78 is 0. The zero-order valence-electron chi connectivity index (χ0n) is 11.3. The monoisotopic (exact) mass is 281 g/mol. The van der Waals surface area contributed by atoms with Crippen molar-refractivity contribution >= 4 is 18.3 Å². The van der Waals surface area contributed by atoms with Crippen LogP contribution < -0.4 is 0 Å². The lowest BCUT2D eigenvalue weighted by Crippen LogP contribution is -1.88. The number of hydrogen-bond acceptors (Lipinski definition) is 3. The number of benzene rings is 2. The molecule has 21 heavy (non-hydrogen) atoms. The summed E-state index contributed by atoms with van der Waals surface area (Å²) in [6, 6.07) is 17.1. The maximum atomic E-state index is 10.4. The highest BCUT2D eigenvalue weighted by Crippen LogP contribution is 2.05. The second-order valence-electron chi connectivity index (χ2n) is 4.33. The van der Waals surface area contributed by atoms with E-state index in [0.29, 0.717) is 6.61 Å². The second kappa shape index (κ2) is 7.65. The summed E-state index contributed by atoms with van der Waals surface area (Å²) in [7, 11) is 0. The molecule has 0 aliphatic heterocycles. The Balaban J connectivity index is 1.85. The summed E-state index contributed by atoms with van der Waals surface area (Å²) in [6.07, 6.45) is 4.26. The molecule has 0 aliphatic carbocycles. The molecule has 0 aromatic heterocycles. The molecule has 4 heteroatoms. The fraction of sp³-hybridized carbons (Fsp3) is 0.0588. The molecule has 0 spiro atoms. The van der Waals surface area contributed by atoms with Crippen LogP contribution in [0.4, 0.5) is 0 Å². The maximum Gasteiger partial charge on any atom is 0.328 e. The number of nitrogens with zero attached hydrogens (tertiary/aromatic N) is 1. The maximum absolute atomic E-state index is 10.4. The van der Waals surface area contributed by atoms with Gasteiger partial charge < -0.3 is 9.94 Å². The molecule has 0 saturated carbocycles. The second-order valence-corrected chi connectivity index (χ2v) is 4.33. The van der Waals surface area contributed by atoms with E-state index in [-0.39, 0.29) is 0 Å². The molecule has 0 amide bonds. The van der Waals surface area contributed by atoms with Crippen LogP contribution in [0, 0.1) is 0 Å². The molecule has 0 fully saturated rings.